The van der Waals surface area contributed by atoms with Crippen LogP contribution in [0.3, 0.4) is 0 Å². The number of methoxy groups -OCH3 is 2. The molecule has 1 aliphatic rings. The number of allylic oxidation sites excluding steroid dienone is 1. The van der Waals surface area contributed by atoms with Crippen molar-refractivity contribution in [2.24, 2.45) is 0 Å². The molecule has 1 atom stereocenters. The summed E-state index contributed by atoms with van der Waals surface area (Å²) in [5.74, 6) is 1.51. The van der Waals surface area contributed by atoms with Crippen molar-refractivity contribution in [2.75, 3.05) is 14.2 Å². The van der Waals surface area contributed by atoms with Crippen LogP contribution in [0.15, 0.2) is 60.2 Å². The summed E-state index contributed by atoms with van der Waals surface area (Å²) in [6, 6.07) is 12.2. The molecule has 6 heteroatoms. The second kappa shape index (κ2) is 8.63. The molecule has 0 amide bonds. The second-order valence-corrected chi connectivity index (χ2v) is 6.23. The second-order valence-electron chi connectivity index (χ2n) is 6.23. The highest BCUT2D eigenvalue weighted by Crippen LogP contribution is 2.39. The molecule has 0 spiro atoms. The first-order valence-electron chi connectivity index (χ1n) is 8.89. The van der Waals surface area contributed by atoms with Gasteiger partial charge in [-0.2, -0.15) is 0 Å². The lowest BCUT2D eigenvalue weighted by molar-refractivity contribution is -0.107. The number of phenols is 1. The number of hydroxylamine groups is 2. The van der Waals surface area contributed by atoms with E-state index in [9.17, 15) is 9.90 Å². The quantitative estimate of drug-likeness (QED) is 0.582. The lowest BCUT2D eigenvalue weighted by atomic mass is 10.0. The molecular weight excluding hydrogens is 358 g/mol. The van der Waals surface area contributed by atoms with E-state index in [0.29, 0.717) is 28.4 Å². The monoisotopic (exact) mass is 381 g/mol. The van der Waals surface area contributed by atoms with Gasteiger partial charge in [0, 0.05) is 17.7 Å². The van der Waals surface area contributed by atoms with E-state index < -0.39 is 0 Å². The molecule has 0 aromatic heterocycles. The minimum Gasteiger partial charge on any atom is -0.508 e. The van der Waals surface area contributed by atoms with Gasteiger partial charge in [0.1, 0.15) is 17.2 Å². The number of hydrogen-bond acceptors (Lipinski definition) is 6. The molecule has 1 aliphatic heterocycles. The third-order valence-corrected chi connectivity index (χ3v) is 4.54. The van der Waals surface area contributed by atoms with Crippen LogP contribution in [0.25, 0.3) is 5.76 Å². The third kappa shape index (κ3) is 3.73. The van der Waals surface area contributed by atoms with Crippen LogP contribution in [-0.2, 0) is 16.2 Å². The van der Waals surface area contributed by atoms with Crippen molar-refractivity contribution in [3.05, 3.63) is 71.3 Å². The van der Waals surface area contributed by atoms with Crippen LogP contribution in [0.4, 0.5) is 0 Å². The topological polar surface area (TPSA) is 68.2 Å². The Labute approximate surface area is 164 Å². The van der Waals surface area contributed by atoms with Crippen molar-refractivity contribution in [1.82, 2.24) is 5.06 Å². The van der Waals surface area contributed by atoms with Gasteiger partial charge in [-0.25, -0.2) is 0 Å². The van der Waals surface area contributed by atoms with Gasteiger partial charge >= 0.3 is 0 Å². The lowest BCUT2D eigenvalue weighted by Crippen LogP contribution is -2.29. The first kappa shape index (κ1) is 19.5. The highest BCUT2D eigenvalue weighted by Gasteiger charge is 2.35. The zero-order valence-electron chi connectivity index (χ0n) is 16.1. The number of aldehydes is 1. The molecule has 0 saturated heterocycles. The third-order valence-electron chi connectivity index (χ3n) is 4.54. The van der Waals surface area contributed by atoms with Gasteiger partial charge in [-0.15, -0.1) is 5.06 Å². The summed E-state index contributed by atoms with van der Waals surface area (Å²) in [4.78, 5) is 18.0. The van der Waals surface area contributed by atoms with Gasteiger partial charge in [-0.1, -0.05) is 42.5 Å². The number of ether oxygens (including phenoxy) is 2. The summed E-state index contributed by atoms with van der Waals surface area (Å²) in [6.45, 7) is 2.18. The Morgan fingerprint density at radius 1 is 1.14 bits per heavy atom. The normalized spacial score (nSPS) is 17.0. The van der Waals surface area contributed by atoms with Crippen LogP contribution in [0.1, 0.15) is 18.1 Å². The van der Waals surface area contributed by atoms with E-state index in [0.717, 1.165) is 11.8 Å². The van der Waals surface area contributed by atoms with E-state index in [-0.39, 0.29) is 18.3 Å². The molecule has 6 nitrogen and oxygen atoms in total. The fourth-order valence-electron chi connectivity index (χ4n) is 3.24. The van der Waals surface area contributed by atoms with E-state index in [2.05, 4.69) is 0 Å². The summed E-state index contributed by atoms with van der Waals surface area (Å²) < 4.78 is 10.8. The van der Waals surface area contributed by atoms with Crippen LogP contribution in [-0.4, -0.2) is 36.7 Å². The molecule has 2 aromatic rings. The molecule has 28 heavy (non-hydrogen) atoms. The Bertz CT molecular complexity index is 879. The molecule has 0 fully saturated rings. The van der Waals surface area contributed by atoms with Crippen LogP contribution < -0.4 is 9.47 Å². The molecule has 146 valence electrons. The molecule has 0 radical (unpaired) electrons. The van der Waals surface area contributed by atoms with Crippen molar-refractivity contribution in [2.45, 2.75) is 19.5 Å². The highest BCUT2D eigenvalue weighted by atomic mass is 16.7. The smallest absolute Gasteiger partial charge is 0.163 e. The molecular formula is C22H23NO5. The van der Waals surface area contributed by atoms with Crippen molar-refractivity contribution in [3.63, 3.8) is 0 Å². The molecule has 0 saturated carbocycles. The number of rotatable bonds is 7. The Hall–Kier alpha value is -3.25. The van der Waals surface area contributed by atoms with Crippen LogP contribution in [0.5, 0.6) is 17.2 Å². The van der Waals surface area contributed by atoms with Crippen molar-refractivity contribution in [3.8, 4) is 17.2 Å². The average molecular weight is 381 g/mol. The number of carbonyl (C=O) groups excluding carboxylic acids is 1. The van der Waals surface area contributed by atoms with Gasteiger partial charge in [0.15, 0.2) is 12.0 Å². The number of carbonyl (C=O) groups is 1. The molecule has 0 aliphatic carbocycles. The summed E-state index contributed by atoms with van der Waals surface area (Å²) in [6.07, 6.45) is 4.61. The van der Waals surface area contributed by atoms with Crippen molar-refractivity contribution >= 4 is 12.0 Å². The summed E-state index contributed by atoms with van der Waals surface area (Å²) in [7, 11) is 3.05. The molecule has 1 unspecified atom stereocenters. The average Bonchev–Trinajstić information content (AvgIpc) is 3.07. The molecule has 0 bridgehead atoms. The number of benzene rings is 2. The molecule has 1 N–H and O–H groups in total. The molecule has 1 heterocycles. The van der Waals surface area contributed by atoms with Gasteiger partial charge in [0.25, 0.3) is 0 Å². The van der Waals surface area contributed by atoms with Crippen LogP contribution in [0.2, 0.25) is 0 Å². The fourth-order valence-corrected chi connectivity index (χ4v) is 3.24. The predicted octanol–water partition coefficient (Wildman–Crippen LogP) is 3.71. The highest BCUT2D eigenvalue weighted by molar-refractivity contribution is 5.89. The van der Waals surface area contributed by atoms with E-state index in [1.54, 1.807) is 5.06 Å². The first-order chi connectivity index (χ1) is 13.6. The Kier molecular flexibility index (Phi) is 6.01. The minimum atomic E-state index is -0.360. The Morgan fingerprint density at radius 2 is 1.79 bits per heavy atom. The predicted molar refractivity (Wildman–Crippen MR) is 106 cm³/mol. The standard InChI is InChI=1S/C22H23NO5/c1-4-8-19-18(14-24)22(15-9-6-5-7-10-15)28-23(19)13-17-20(26-2)11-16(25)12-21(17)27-3/h4-12,14,19,25H,13H2,1-3H3. The zero-order chi connectivity index (χ0) is 20.1. The number of nitrogens with zero attached hydrogens (tertiary/aromatic N) is 1. The van der Waals surface area contributed by atoms with Gasteiger partial charge in [0.2, 0.25) is 0 Å². The number of hydrogen-bond donors (Lipinski definition) is 1. The van der Waals surface area contributed by atoms with Gasteiger partial charge < -0.3 is 19.4 Å². The number of aromatic hydroxyl groups is 1. The van der Waals surface area contributed by atoms with E-state index in [4.69, 9.17) is 14.3 Å². The maximum absolute atomic E-state index is 11.9. The van der Waals surface area contributed by atoms with E-state index in [1.165, 1.54) is 26.4 Å². The van der Waals surface area contributed by atoms with Gasteiger partial charge in [0.05, 0.1) is 37.9 Å². The van der Waals surface area contributed by atoms with Crippen molar-refractivity contribution < 1.29 is 24.2 Å². The number of phenolic OH excluding ortho intramolecular Hbond substituents is 1. The van der Waals surface area contributed by atoms with Gasteiger partial charge in [-0.3, -0.25) is 4.79 Å². The Morgan fingerprint density at radius 3 is 2.32 bits per heavy atom. The van der Waals surface area contributed by atoms with Crippen molar-refractivity contribution in [1.29, 1.82) is 0 Å². The van der Waals surface area contributed by atoms with Crippen LogP contribution >= 0.6 is 0 Å². The largest absolute Gasteiger partial charge is 0.508 e. The fraction of sp³-hybridized carbons (Fsp3) is 0.227. The SMILES string of the molecule is CC=CC1C(C=O)=C(c2ccccc2)ON1Cc1c(OC)cc(O)cc1OC. The first-order valence-corrected chi connectivity index (χ1v) is 8.89. The molecule has 3 rings (SSSR count). The summed E-state index contributed by atoms with van der Waals surface area (Å²) >= 11 is 0. The summed E-state index contributed by atoms with van der Waals surface area (Å²) in [5, 5.41) is 11.6. The zero-order valence-corrected chi connectivity index (χ0v) is 16.1. The van der Waals surface area contributed by atoms with E-state index >= 15 is 0 Å². The van der Waals surface area contributed by atoms with Crippen LogP contribution in [0, 0.1) is 0 Å². The molecule has 2 aromatic carbocycles. The Balaban J connectivity index is 2.01. The van der Waals surface area contributed by atoms with Gasteiger partial charge in [-0.05, 0) is 6.92 Å². The maximum atomic E-state index is 11.9. The summed E-state index contributed by atoms with van der Waals surface area (Å²) in [5.41, 5.74) is 2.07. The minimum absolute atomic E-state index is 0.0430. The lowest BCUT2D eigenvalue weighted by Gasteiger charge is -2.24. The van der Waals surface area contributed by atoms with E-state index in [1.807, 2.05) is 49.4 Å². The maximum Gasteiger partial charge on any atom is 0.163 e.